The molecular weight excluding hydrogens is 140 g/mol. The number of rotatable bonds is 2. The Morgan fingerprint density at radius 1 is 1.88 bits per heavy atom. The van der Waals surface area contributed by atoms with Gasteiger partial charge in [-0.15, -0.1) is 11.8 Å². The van der Waals surface area contributed by atoms with Crippen LogP contribution >= 0.6 is 24.0 Å². The van der Waals surface area contributed by atoms with Crippen molar-refractivity contribution in [3.8, 4) is 0 Å². The molecule has 8 heavy (non-hydrogen) atoms. The molecule has 0 aromatic heterocycles. The molecule has 0 heterocycles. The summed E-state index contributed by atoms with van der Waals surface area (Å²) in [5, 5.41) is 2.95. The lowest BCUT2D eigenvalue weighted by Crippen LogP contribution is -2.25. The summed E-state index contributed by atoms with van der Waals surface area (Å²) >= 11 is 6.35. The number of nitrogens with two attached hydrogens (primary N) is 1. The first-order valence-corrected chi connectivity index (χ1v) is 3.96. The molecule has 3 N–H and O–H groups in total. The van der Waals surface area contributed by atoms with E-state index in [9.17, 15) is 0 Å². The monoisotopic (exact) mass is 150 g/mol. The van der Waals surface area contributed by atoms with Gasteiger partial charge in [-0.05, 0) is 6.26 Å². The van der Waals surface area contributed by atoms with Gasteiger partial charge in [-0.3, -0.25) is 0 Å². The van der Waals surface area contributed by atoms with Gasteiger partial charge in [-0.1, -0.05) is 12.2 Å². The fraction of sp³-hybridized carbons (Fsp3) is 0.750. The highest BCUT2D eigenvalue weighted by Crippen LogP contribution is 1.91. The zero-order valence-corrected chi connectivity index (χ0v) is 6.44. The van der Waals surface area contributed by atoms with Gasteiger partial charge in [0.2, 0.25) is 0 Å². The largest absolute Gasteiger partial charge is 0.370 e. The van der Waals surface area contributed by atoms with Crippen LogP contribution in [0.1, 0.15) is 0 Å². The Hall–Kier alpha value is 0.200. The van der Waals surface area contributed by atoms with E-state index >= 15 is 0 Å². The van der Waals surface area contributed by atoms with Gasteiger partial charge in [0.1, 0.15) is 4.32 Å². The van der Waals surface area contributed by atoms with Crippen molar-refractivity contribution < 1.29 is 0 Å². The second-order valence-electron chi connectivity index (χ2n) is 1.21. The minimum atomic E-state index is 0.640. The molecular formula is C4H10N2S2. The van der Waals surface area contributed by atoms with Crippen molar-refractivity contribution in [2.75, 3.05) is 19.3 Å². The molecule has 2 nitrogen and oxygen atoms in total. The summed E-state index contributed by atoms with van der Waals surface area (Å²) in [5.74, 6) is 0. The molecule has 4 heteroatoms. The summed E-state index contributed by atoms with van der Waals surface area (Å²) in [4.78, 5) is 0. The SMILES string of the molecule is CSC(=S)NCCN. The molecule has 0 rings (SSSR count). The summed E-state index contributed by atoms with van der Waals surface area (Å²) in [6.07, 6.45) is 1.94. The van der Waals surface area contributed by atoms with Crippen molar-refractivity contribution in [2.45, 2.75) is 0 Å². The molecule has 0 saturated heterocycles. The molecule has 48 valence electrons. The molecule has 0 unspecified atom stereocenters. The van der Waals surface area contributed by atoms with Crippen LogP contribution in [0.3, 0.4) is 0 Å². The topological polar surface area (TPSA) is 38.0 Å². The van der Waals surface area contributed by atoms with Gasteiger partial charge in [-0.2, -0.15) is 0 Å². The Balaban J connectivity index is 2.99. The lowest BCUT2D eigenvalue weighted by atomic mass is 10.7. The maximum atomic E-state index is 5.20. The van der Waals surface area contributed by atoms with Gasteiger partial charge in [-0.25, -0.2) is 0 Å². The van der Waals surface area contributed by atoms with Gasteiger partial charge < -0.3 is 11.1 Å². The number of hydrogen-bond acceptors (Lipinski definition) is 3. The summed E-state index contributed by atoms with van der Waals surface area (Å²) in [6.45, 7) is 1.42. The molecule has 0 atom stereocenters. The molecule has 0 fully saturated rings. The third-order valence-corrected chi connectivity index (χ3v) is 1.76. The van der Waals surface area contributed by atoms with Crippen LogP contribution in [-0.2, 0) is 0 Å². The highest BCUT2D eigenvalue weighted by molar-refractivity contribution is 8.22. The molecule has 0 aromatic rings. The zero-order valence-electron chi connectivity index (χ0n) is 4.81. The maximum absolute atomic E-state index is 5.20. The minimum absolute atomic E-state index is 0.640. The van der Waals surface area contributed by atoms with Gasteiger partial charge >= 0.3 is 0 Å². The fourth-order valence-electron chi connectivity index (χ4n) is 0.246. The predicted octanol–water partition coefficient (Wildman–Crippen LogP) is 0.183. The molecule has 0 aliphatic heterocycles. The van der Waals surface area contributed by atoms with Gasteiger partial charge in [0.15, 0.2) is 0 Å². The van der Waals surface area contributed by atoms with Crippen molar-refractivity contribution in [1.29, 1.82) is 0 Å². The van der Waals surface area contributed by atoms with E-state index in [1.165, 1.54) is 11.8 Å². The van der Waals surface area contributed by atoms with E-state index in [4.69, 9.17) is 18.0 Å². The molecule has 0 spiro atoms. The van der Waals surface area contributed by atoms with E-state index in [1.807, 2.05) is 6.26 Å². The molecule has 0 saturated carbocycles. The average molecular weight is 150 g/mol. The number of hydrogen-bond donors (Lipinski definition) is 2. The van der Waals surface area contributed by atoms with Crippen LogP contribution in [0.4, 0.5) is 0 Å². The first-order valence-electron chi connectivity index (χ1n) is 2.33. The van der Waals surface area contributed by atoms with E-state index in [0.717, 1.165) is 10.9 Å². The van der Waals surface area contributed by atoms with Crippen molar-refractivity contribution in [2.24, 2.45) is 5.73 Å². The van der Waals surface area contributed by atoms with Crippen molar-refractivity contribution in [3.05, 3.63) is 0 Å². The lowest BCUT2D eigenvalue weighted by Gasteiger charge is -2.00. The van der Waals surface area contributed by atoms with Crippen LogP contribution in [0, 0.1) is 0 Å². The maximum Gasteiger partial charge on any atom is 0.133 e. The fourth-order valence-corrected chi connectivity index (χ4v) is 0.595. The van der Waals surface area contributed by atoms with Crippen molar-refractivity contribution in [3.63, 3.8) is 0 Å². The van der Waals surface area contributed by atoms with Gasteiger partial charge in [0, 0.05) is 13.1 Å². The molecule has 0 aliphatic rings. The first-order chi connectivity index (χ1) is 3.81. The van der Waals surface area contributed by atoms with Crippen molar-refractivity contribution >= 4 is 28.3 Å². The second kappa shape index (κ2) is 5.34. The Morgan fingerprint density at radius 3 is 2.88 bits per heavy atom. The molecule has 0 amide bonds. The Labute approximate surface area is 59.2 Å². The van der Waals surface area contributed by atoms with E-state index in [1.54, 1.807) is 0 Å². The average Bonchev–Trinajstić information content (AvgIpc) is 1.83. The number of nitrogens with one attached hydrogen (secondary N) is 1. The Kier molecular flexibility index (Phi) is 5.47. The summed E-state index contributed by atoms with van der Waals surface area (Å²) < 4.78 is 0.815. The first kappa shape index (κ1) is 8.20. The highest BCUT2D eigenvalue weighted by Gasteiger charge is 1.86. The van der Waals surface area contributed by atoms with Crippen LogP contribution in [0.25, 0.3) is 0 Å². The highest BCUT2D eigenvalue weighted by atomic mass is 32.2. The predicted molar refractivity (Wildman–Crippen MR) is 43.2 cm³/mol. The number of thioether (sulfide) groups is 1. The molecule has 0 radical (unpaired) electrons. The summed E-state index contributed by atoms with van der Waals surface area (Å²) in [7, 11) is 0. The van der Waals surface area contributed by atoms with E-state index in [2.05, 4.69) is 5.32 Å². The smallest absolute Gasteiger partial charge is 0.133 e. The van der Waals surface area contributed by atoms with E-state index < -0.39 is 0 Å². The van der Waals surface area contributed by atoms with Gasteiger partial charge in [0.05, 0.1) is 0 Å². The van der Waals surface area contributed by atoms with Crippen molar-refractivity contribution in [1.82, 2.24) is 5.32 Å². The number of thiocarbonyl (C=S) groups is 1. The van der Waals surface area contributed by atoms with Crippen LogP contribution in [0.15, 0.2) is 0 Å². The van der Waals surface area contributed by atoms with E-state index in [0.29, 0.717) is 6.54 Å². The normalized spacial score (nSPS) is 8.75. The third-order valence-electron chi connectivity index (χ3n) is 0.599. The summed E-state index contributed by atoms with van der Waals surface area (Å²) in [6, 6.07) is 0. The van der Waals surface area contributed by atoms with Crippen LogP contribution in [-0.4, -0.2) is 23.7 Å². The zero-order chi connectivity index (χ0) is 6.41. The lowest BCUT2D eigenvalue weighted by molar-refractivity contribution is 0.893. The Morgan fingerprint density at radius 2 is 2.50 bits per heavy atom. The van der Waals surface area contributed by atoms with E-state index in [-0.39, 0.29) is 0 Å². The molecule has 0 aromatic carbocycles. The van der Waals surface area contributed by atoms with Crippen LogP contribution < -0.4 is 11.1 Å². The molecule has 0 bridgehead atoms. The standard InChI is InChI=1S/C4H10N2S2/c1-8-4(7)6-3-2-5/h2-3,5H2,1H3,(H,6,7). The third kappa shape index (κ3) is 4.36. The quantitative estimate of drug-likeness (QED) is 0.551. The van der Waals surface area contributed by atoms with Crippen LogP contribution in [0.2, 0.25) is 0 Å². The minimum Gasteiger partial charge on any atom is -0.370 e. The van der Waals surface area contributed by atoms with Crippen LogP contribution in [0.5, 0.6) is 0 Å². The molecule has 0 aliphatic carbocycles. The second-order valence-corrected chi connectivity index (χ2v) is 2.69. The summed E-state index contributed by atoms with van der Waals surface area (Å²) in [5.41, 5.74) is 5.20. The Bertz CT molecular complexity index is 74.4. The van der Waals surface area contributed by atoms with Gasteiger partial charge in [0.25, 0.3) is 0 Å².